The minimum atomic E-state index is -2.58. The monoisotopic (exact) mass is 1370 g/mol. The highest BCUT2D eigenvalue weighted by Gasteiger charge is 2.64. The summed E-state index contributed by atoms with van der Waals surface area (Å²) in [6.45, 7) is -1.90. The number of carbonyl (C=O) groups is 4. The van der Waals surface area contributed by atoms with E-state index in [9.17, 15) is 45.3 Å². The molecule has 5 aliphatic carbocycles. The van der Waals surface area contributed by atoms with E-state index in [0.717, 1.165) is 71.1 Å². The number of ketones is 2. The molecule has 17 rings (SSSR count). The van der Waals surface area contributed by atoms with Gasteiger partial charge in [0.1, 0.15) is 55.5 Å². The fourth-order valence-electron chi connectivity index (χ4n) is 20.0. The number of rotatable bonds is 10. The van der Waals surface area contributed by atoms with E-state index in [2.05, 4.69) is 62.7 Å². The summed E-state index contributed by atoms with van der Waals surface area (Å²) in [5, 5.41) is 106. The number of benzene rings is 4. The highest BCUT2D eigenvalue weighted by Crippen LogP contribution is 2.66. The second-order valence-electron chi connectivity index (χ2n) is 29.9. The van der Waals surface area contributed by atoms with Gasteiger partial charge >= 0.3 is 0 Å². The fourth-order valence-corrected chi connectivity index (χ4v) is 20.0. The average molecular weight is 1370 g/mol. The molecule has 1 spiro atoms. The zero-order valence-electron chi connectivity index (χ0n) is 55.3. The molecule has 4 aromatic rings. The molecule has 526 valence electrons. The summed E-state index contributed by atoms with van der Waals surface area (Å²) in [6, 6.07) is 19.0. The molecule has 21 atom stereocenters. The Bertz CT molecular complexity index is 4210. The van der Waals surface area contributed by atoms with Gasteiger partial charge in [-0.3, -0.25) is 30.8 Å². The number of nitrogens with zero attached hydrogens (tertiary/aromatic N) is 1. The van der Waals surface area contributed by atoms with E-state index in [1.165, 1.54) is 12.1 Å². The SMILES string of the molecule is NC1=C2C(=CCN1)[C@]13CO[C@@H]4[C@H]5Oc6c(cc7c(c6OC[C@H](O)CC=O)C(=O)c6cc(CO)ccc6C7=O)[C@H](c6ccccc6N6CN[C@H]7C(=O)N[C@@H](N)N[C@H]76)[C@H]6CC[C@H](O)[C@H](C#C[C@](O)([C@H](COC6)O5)[C@H]4O)Cc4ccc(c(c4)[C@@H](CCO)[C@H]1O)[C@@H]1CC[C@@H]4C[C@H]5CCC[C@H]5N[C@H]2C4=C13. The second-order valence-corrected chi connectivity index (χ2v) is 29.9. The number of nitrogens with one attached hydrogen (secondary N) is 5. The van der Waals surface area contributed by atoms with Crippen LogP contribution in [0.3, 0.4) is 0 Å². The maximum atomic E-state index is 15.8. The van der Waals surface area contributed by atoms with Crippen LogP contribution in [0.15, 0.2) is 101 Å². The van der Waals surface area contributed by atoms with Crippen molar-refractivity contribution in [3.8, 4) is 23.3 Å². The lowest BCUT2D eigenvalue weighted by atomic mass is 9.52. The van der Waals surface area contributed by atoms with Crippen molar-refractivity contribution in [3.63, 3.8) is 0 Å². The fraction of sp³-hybridized carbons (Fsp3) is 0.526. The van der Waals surface area contributed by atoms with Crippen molar-refractivity contribution in [1.29, 1.82) is 0 Å². The zero-order valence-corrected chi connectivity index (χ0v) is 55.3. The first-order valence-corrected chi connectivity index (χ1v) is 35.7. The second kappa shape index (κ2) is 25.5. The molecule has 4 aromatic carbocycles. The number of aldehydes is 1. The number of hydrogen-bond donors (Lipinski definition) is 14. The van der Waals surface area contributed by atoms with E-state index in [1.807, 2.05) is 29.2 Å². The molecule has 0 radical (unpaired) electrons. The first-order chi connectivity index (χ1) is 48.5. The molecule has 24 heteroatoms. The Morgan fingerprint density at radius 2 is 1.74 bits per heavy atom. The number of aliphatic hydroxyl groups is 7. The van der Waals surface area contributed by atoms with Crippen LogP contribution in [-0.4, -0.2) is 185 Å². The van der Waals surface area contributed by atoms with E-state index < -0.39 is 141 Å². The Morgan fingerprint density at radius 1 is 0.880 bits per heavy atom. The summed E-state index contributed by atoms with van der Waals surface area (Å²) < 4.78 is 36.1. The Labute approximate surface area is 577 Å². The molecule has 9 bridgehead atoms. The summed E-state index contributed by atoms with van der Waals surface area (Å²) in [5.74, 6) is 1.32. The van der Waals surface area contributed by atoms with Crippen molar-refractivity contribution in [2.24, 2.45) is 40.6 Å². The van der Waals surface area contributed by atoms with Crippen LogP contribution >= 0.6 is 0 Å². The van der Waals surface area contributed by atoms with Crippen LogP contribution in [-0.2, 0) is 36.8 Å². The molecule has 0 unspecified atom stereocenters. The van der Waals surface area contributed by atoms with Crippen LogP contribution in [0.4, 0.5) is 5.69 Å². The molecule has 1 saturated carbocycles. The van der Waals surface area contributed by atoms with Crippen molar-refractivity contribution in [2.75, 3.05) is 51.1 Å². The van der Waals surface area contributed by atoms with Gasteiger partial charge in [0.05, 0.1) is 74.3 Å². The summed E-state index contributed by atoms with van der Waals surface area (Å²) in [6.07, 6.45) is -4.69. The van der Waals surface area contributed by atoms with E-state index >= 15 is 9.59 Å². The zero-order chi connectivity index (χ0) is 68.8. The molecule has 8 heterocycles. The van der Waals surface area contributed by atoms with Gasteiger partial charge < -0.3 is 90.8 Å². The number of carbonyl (C=O) groups excluding carboxylic acids is 4. The number of anilines is 1. The van der Waals surface area contributed by atoms with Crippen LogP contribution in [0.5, 0.6) is 11.5 Å². The lowest BCUT2D eigenvalue weighted by Crippen LogP contribution is -2.70. The molecule has 5 fully saturated rings. The molecule has 4 saturated heterocycles. The Balaban J connectivity index is 0.937. The third-order valence-electron chi connectivity index (χ3n) is 24.6. The van der Waals surface area contributed by atoms with Crippen LogP contribution in [0.2, 0.25) is 0 Å². The number of fused-ring (bicyclic) bond motifs is 17. The maximum Gasteiger partial charge on any atom is 0.242 e. The maximum absolute atomic E-state index is 15.8. The van der Waals surface area contributed by atoms with Gasteiger partial charge in [0.25, 0.3) is 0 Å². The largest absolute Gasteiger partial charge is 0.486 e. The van der Waals surface area contributed by atoms with Gasteiger partial charge in [-0.2, -0.15) is 0 Å². The number of hydrogen-bond acceptors (Lipinski definition) is 23. The molecule has 16 N–H and O–H groups in total. The number of dihydropyridines is 1. The van der Waals surface area contributed by atoms with Crippen molar-refractivity contribution in [3.05, 3.63) is 157 Å². The molecular formula is C76H86N8O16. The van der Waals surface area contributed by atoms with Crippen molar-refractivity contribution < 1.29 is 78.6 Å². The summed E-state index contributed by atoms with van der Waals surface area (Å²) in [4.78, 5) is 59.4. The number of ether oxygens (including phenoxy) is 5. The number of aliphatic hydroxyl groups excluding tert-OH is 6. The van der Waals surface area contributed by atoms with Gasteiger partial charge in [0.15, 0.2) is 28.7 Å². The summed E-state index contributed by atoms with van der Waals surface area (Å²) in [7, 11) is 0. The van der Waals surface area contributed by atoms with Gasteiger partial charge in [-0.05, 0) is 144 Å². The van der Waals surface area contributed by atoms with Crippen LogP contribution in [0.1, 0.15) is 147 Å². The molecule has 0 aromatic heterocycles. The lowest BCUT2D eigenvalue weighted by molar-refractivity contribution is -0.311. The Morgan fingerprint density at radius 3 is 2.58 bits per heavy atom. The van der Waals surface area contributed by atoms with Crippen LogP contribution < -0.4 is 52.4 Å². The van der Waals surface area contributed by atoms with E-state index in [4.69, 9.17) is 35.2 Å². The Hall–Kier alpha value is -7.42. The quantitative estimate of drug-likeness (QED) is 0.0536. The van der Waals surface area contributed by atoms with Gasteiger partial charge in [0, 0.05) is 76.9 Å². The molecular weight excluding hydrogens is 1280 g/mol. The van der Waals surface area contributed by atoms with Crippen LogP contribution in [0.25, 0.3) is 0 Å². The van der Waals surface area contributed by atoms with Crippen LogP contribution in [0, 0.1) is 40.9 Å². The number of amides is 1. The minimum Gasteiger partial charge on any atom is -0.486 e. The summed E-state index contributed by atoms with van der Waals surface area (Å²) in [5.41, 5.74) is 17.3. The van der Waals surface area contributed by atoms with E-state index in [-0.39, 0.29) is 121 Å². The van der Waals surface area contributed by atoms with Gasteiger partial charge in [-0.1, -0.05) is 66.8 Å². The predicted molar refractivity (Wildman–Crippen MR) is 360 cm³/mol. The lowest BCUT2D eigenvalue weighted by Gasteiger charge is -2.55. The molecule has 13 aliphatic rings. The Kier molecular flexibility index (Phi) is 16.8. The van der Waals surface area contributed by atoms with Gasteiger partial charge in [-0.15, -0.1) is 0 Å². The minimum absolute atomic E-state index is 0.0314. The predicted octanol–water partition coefficient (Wildman–Crippen LogP) is 1.56. The smallest absolute Gasteiger partial charge is 0.242 e. The molecule has 1 amide bonds. The molecule has 24 nitrogen and oxygen atoms in total. The molecule has 100 heavy (non-hydrogen) atoms. The average Bonchev–Trinajstić information content (AvgIpc) is 1.37. The van der Waals surface area contributed by atoms with Crippen molar-refractivity contribution in [1.82, 2.24) is 26.6 Å². The number of nitrogens with two attached hydrogens (primary N) is 2. The van der Waals surface area contributed by atoms with Gasteiger partial charge in [0.2, 0.25) is 12.2 Å². The highest BCUT2D eigenvalue weighted by atomic mass is 16.7. The first kappa shape index (κ1) is 65.9. The normalized spacial score (nSPS) is 37.0. The first-order valence-electron chi connectivity index (χ1n) is 35.7. The standard InChI is InChI=1S/C76H86N8O16/c77-70-59-51(17-21-79-70)75-33-98-67-69(93)76(95)20-16-38(24-35-8-12-42(47(25-35)45(19-23-86)68(75)92)43-14-10-39-27-37-4-3-6-52(37)81-61(59)57(39)60(43)75)54(89)15-11-40-30-96-32-55(76)99-73(67)100-65-50(56(40)46-5-1-2-7-53(46)84-34-80-62-71(84)82-74(78)83-72(62)94)28-49-58(66(65)97-31-41(88)18-22-85)64(91)48-26-36(29-87)9-13-44(48)63(49)90/h1-2,5,7-9,12-13,17,22,25-26,28,37-41,43,45,52,54-56,61-62,67-69,71,73-74,79-82,86-89,92-93,95H,3-4,6,10-11,14-15,18-19,21,23-24,27,29-34,77-78H2,(H,83,94)/t37-,38-,39-,40+,41-,43+,45-,52-,54+,55+,56+,61+,62-,67+,68-,69+,71+,73-,74+,75+,76+/m1/s1. The van der Waals surface area contributed by atoms with E-state index in [0.29, 0.717) is 41.3 Å². The molecule has 8 aliphatic heterocycles. The van der Waals surface area contributed by atoms with E-state index in [1.54, 1.807) is 12.1 Å². The van der Waals surface area contributed by atoms with Crippen molar-refractivity contribution >= 4 is 29.4 Å². The highest BCUT2D eigenvalue weighted by molar-refractivity contribution is 6.29. The summed E-state index contributed by atoms with van der Waals surface area (Å²) >= 11 is 0. The third kappa shape index (κ3) is 10.3. The van der Waals surface area contributed by atoms with Gasteiger partial charge in [-0.25, -0.2) is 0 Å². The van der Waals surface area contributed by atoms with Crippen molar-refractivity contribution in [2.45, 2.75) is 174 Å². The third-order valence-corrected chi connectivity index (χ3v) is 24.6. The number of para-hydroxylation sites is 1. The topological polar surface area (TPSA) is 371 Å².